The van der Waals surface area contributed by atoms with Gasteiger partial charge in [-0.25, -0.2) is 0 Å². The van der Waals surface area contributed by atoms with E-state index in [1.165, 1.54) is 70.6 Å². The minimum atomic E-state index is -0.140. The van der Waals surface area contributed by atoms with Crippen LogP contribution < -0.4 is 5.73 Å². The van der Waals surface area contributed by atoms with Crippen molar-refractivity contribution in [2.24, 2.45) is 23.0 Å². The van der Waals surface area contributed by atoms with E-state index < -0.39 is 0 Å². The van der Waals surface area contributed by atoms with Gasteiger partial charge < -0.3 is 10.8 Å². The van der Waals surface area contributed by atoms with Gasteiger partial charge in [0, 0.05) is 12.0 Å². The van der Waals surface area contributed by atoms with Gasteiger partial charge in [0.25, 0.3) is 0 Å². The number of hydrogen-bond donors (Lipinski definition) is 2. The Morgan fingerprint density at radius 3 is 2.35 bits per heavy atom. The molecule has 2 rings (SSSR count). The SMILES string of the molecule is CCCCCCCCCC(O)C1(CN)CC2CCC1C2. The molecule has 0 amide bonds. The highest BCUT2D eigenvalue weighted by molar-refractivity contribution is 5.04. The maximum absolute atomic E-state index is 10.7. The van der Waals surface area contributed by atoms with Crippen molar-refractivity contribution in [1.29, 1.82) is 0 Å². The van der Waals surface area contributed by atoms with Gasteiger partial charge in [-0.1, -0.05) is 58.3 Å². The Labute approximate surface area is 125 Å². The topological polar surface area (TPSA) is 46.2 Å². The zero-order valence-electron chi connectivity index (χ0n) is 13.4. The summed E-state index contributed by atoms with van der Waals surface area (Å²) in [7, 11) is 0. The third kappa shape index (κ3) is 3.57. The van der Waals surface area contributed by atoms with Crippen molar-refractivity contribution in [2.45, 2.75) is 90.1 Å². The smallest absolute Gasteiger partial charge is 0.0611 e. The Morgan fingerprint density at radius 2 is 1.80 bits per heavy atom. The van der Waals surface area contributed by atoms with Gasteiger partial charge >= 0.3 is 0 Å². The molecular formula is C18H35NO. The van der Waals surface area contributed by atoms with Gasteiger partial charge in [-0.05, 0) is 37.5 Å². The van der Waals surface area contributed by atoms with Gasteiger partial charge in [0.1, 0.15) is 0 Å². The second-order valence-electron chi connectivity index (χ2n) is 7.44. The summed E-state index contributed by atoms with van der Waals surface area (Å²) in [4.78, 5) is 0. The minimum Gasteiger partial charge on any atom is -0.392 e. The number of hydrogen-bond acceptors (Lipinski definition) is 2. The van der Waals surface area contributed by atoms with Crippen molar-refractivity contribution in [3.8, 4) is 0 Å². The highest BCUT2D eigenvalue weighted by Crippen LogP contribution is 2.57. The Hall–Kier alpha value is -0.0800. The van der Waals surface area contributed by atoms with Crippen LogP contribution >= 0.6 is 0 Å². The predicted octanol–water partition coefficient (Wildman–Crippen LogP) is 4.25. The van der Waals surface area contributed by atoms with E-state index in [4.69, 9.17) is 5.73 Å². The van der Waals surface area contributed by atoms with Gasteiger partial charge in [0.2, 0.25) is 0 Å². The molecular weight excluding hydrogens is 246 g/mol. The molecule has 3 N–H and O–H groups in total. The second kappa shape index (κ2) is 7.79. The lowest BCUT2D eigenvalue weighted by Crippen LogP contribution is -2.45. The van der Waals surface area contributed by atoms with Crippen molar-refractivity contribution >= 4 is 0 Å². The van der Waals surface area contributed by atoms with Gasteiger partial charge in [-0.15, -0.1) is 0 Å². The summed E-state index contributed by atoms with van der Waals surface area (Å²) < 4.78 is 0. The van der Waals surface area contributed by atoms with Crippen LogP contribution in [0.25, 0.3) is 0 Å². The minimum absolute atomic E-state index is 0.0884. The largest absolute Gasteiger partial charge is 0.392 e. The molecule has 0 spiro atoms. The highest BCUT2D eigenvalue weighted by atomic mass is 16.3. The second-order valence-corrected chi connectivity index (χ2v) is 7.44. The molecule has 0 aliphatic heterocycles. The van der Waals surface area contributed by atoms with Gasteiger partial charge in [-0.3, -0.25) is 0 Å². The molecule has 2 saturated carbocycles. The number of aliphatic hydroxyl groups excluding tert-OH is 1. The number of rotatable bonds is 10. The van der Waals surface area contributed by atoms with Crippen LogP contribution in [0.15, 0.2) is 0 Å². The summed E-state index contributed by atoms with van der Waals surface area (Å²) in [6.45, 7) is 2.96. The molecule has 2 aliphatic rings. The van der Waals surface area contributed by atoms with E-state index in [1.54, 1.807) is 0 Å². The quantitative estimate of drug-likeness (QED) is 0.588. The van der Waals surface area contributed by atoms with Crippen molar-refractivity contribution in [2.75, 3.05) is 6.54 Å². The van der Waals surface area contributed by atoms with E-state index in [2.05, 4.69) is 6.92 Å². The van der Waals surface area contributed by atoms with E-state index in [-0.39, 0.29) is 11.5 Å². The standard InChI is InChI=1S/C18H35NO/c1-2-3-4-5-6-7-8-9-17(20)18(14-19)13-15-10-11-16(18)12-15/h15-17,20H,2-14,19H2,1H3. The maximum atomic E-state index is 10.7. The van der Waals surface area contributed by atoms with Crippen LogP contribution in [0.5, 0.6) is 0 Å². The molecule has 2 fully saturated rings. The molecule has 20 heavy (non-hydrogen) atoms. The third-order valence-electron chi connectivity index (χ3n) is 6.15. The summed E-state index contributed by atoms with van der Waals surface area (Å²) in [6, 6.07) is 0. The summed E-state index contributed by atoms with van der Waals surface area (Å²) in [5, 5.41) is 10.7. The first-order chi connectivity index (χ1) is 9.73. The van der Waals surface area contributed by atoms with Gasteiger partial charge in [0.05, 0.1) is 6.10 Å². The fraction of sp³-hybridized carbons (Fsp3) is 1.00. The zero-order valence-corrected chi connectivity index (χ0v) is 13.4. The van der Waals surface area contributed by atoms with Crippen molar-refractivity contribution in [1.82, 2.24) is 0 Å². The molecule has 4 atom stereocenters. The predicted molar refractivity (Wildman–Crippen MR) is 85.6 cm³/mol. The van der Waals surface area contributed by atoms with E-state index in [1.807, 2.05) is 0 Å². The number of unbranched alkanes of at least 4 members (excludes halogenated alkanes) is 6. The van der Waals surface area contributed by atoms with Crippen LogP contribution in [0.1, 0.15) is 84.0 Å². The van der Waals surface area contributed by atoms with Crippen LogP contribution in [0.4, 0.5) is 0 Å². The van der Waals surface area contributed by atoms with Crippen LogP contribution in [0.3, 0.4) is 0 Å². The Morgan fingerprint density at radius 1 is 1.10 bits per heavy atom. The van der Waals surface area contributed by atoms with Crippen LogP contribution in [0, 0.1) is 17.3 Å². The molecule has 0 saturated heterocycles. The molecule has 0 aromatic rings. The monoisotopic (exact) mass is 281 g/mol. The number of nitrogens with two attached hydrogens (primary N) is 1. The molecule has 2 aliphatic carbocycles. The summed E-state index contributed by atoms with van der Waals surface area (Å²) >= 11 is 0. The van der Waals surface area contributed by atoms with E-state index >= 15 is 0 Å². The summed E-state index contributed by atoms with van der Waals surface area (Å²) in [5.41, 5.74) is 6.17. The van der Waals surface area contributed by atoms with Crippen LogP contribution in [-0.2, 0) is 0 Å². The Balaban J connectivity index is 1.65. The summed E-state index contributed by atoms with van der Waals surface area (Å²) in [6.07, 6.45) is 15.3. The van der Waals surface area contributed by atoms with E-state index in [0.717, 1.165) is 18.3 Å². The molecule has 0 aromatic heterocycles. The first-order valence-corrected chi connectivity index (χ1v) is 9.11. The Bertz CT molecular complexity index is 281. The van der Waals surface area contributed by atoms with Crippen LogP contribution in [-0.4, -0.2) is 17.8 Å². The normalized spacial score (nSPS) is 33.8. The van der Waals surface area contributed by atoms with Gasteiger partial charge in [-0.2, -0.15) is 0 Å². The molecule has 0 aromatic carbocycles. The molecule has 0 radical (unpaired) electrons. The average molecular weight is 281 g/mol. The number of aliphatic hydroxyl groups is 1. The highest BCUT2D eigenvalue weighted by Gasteiger charge is 2.53. The maximum Gasteiger partial charge on any atom is 0.0611 e. The summed E-state index contributed by atoms with van der Waals surface area (Å²) in [5.74, 6) is 1.59. The molecule has 2 heteroatoms. The fourth-order valence-corrected chi connectivity index (χ4v) is 4.86. The van der Waals surface area contributed by atoms with Crippen molar-refractivity contribution in [3.63, 3.8) is 0 Å². The molecule has 0 heterocycles. The average Bonchev–Trinajstić information content (AvgIpc) is 3.07. The first kappa shape index (κ1) is 16.3. The lowest BCUT2D eigenvalue weighted by atomic mass is 9.68. The Kier molecular flexibility index (Phi) is 6.35. The zero-order chi connectivity index (χ0) is 14.4. The molecule has 2 bridgehead atoms. The lowest BCUT2D eigenvalue weighted by molar-refractivity contribution is -0.0174. The molecule has 2 nitrogen and oxygen atoms in total. The lowest BCUT2D eigenvalue weighted by Gasteiger charge is -2.41. The first-order valence-electron chi connectivity index (χ1n) is 9.11. The fourth-order valence-electron chi connectivity index (χ4n) is 4.86. The van der Waals surface area contributed by atoms with E-state index in [0.29, 0.717) is 6.54 Å². The van der Waals surface area contributed by atoms with Gasteiger partial charge in [0.15, 0.2) is 0 Å². The van der Waals surface area contributed by atoms with Crippen LogP contribution in [0.2, 0.25) is 0 Å². The molecule has 118 valence electrons. The molecule has 4 unspecified atom stereocenters. The van der Waals surface area contributed by atoms with Crippen molar-refractivity contribution < 1.29 is 5.11 Å². The third-order valence-corrected chi connectivity index (χ3v) is 6.15. The number of fused-ring (bicyclic) bond motifs is 2. The van der Waals surface area contributed by atoms with E-state index in [9.17, 15) is 5.11 Å². The van der Waals surface area contributed by atoms with Crippen molar-refractivity contribution in [3.05, 3.63) is 0 Å².